The first-order valence-electron chi connectivity index (χ1n) is 6.52. The first kappa shape index (κ1) is 13.3. The molecule has 2 aromatic rings. The number of hydrogen-bond acceptors (Lipinski definition) is 3. The molecular formula is C15H18N2O2. The molecule has 1 aromatic carbocycles. The van der Waals surface area contributed by atoms with Crippen molar-refractivity contribution in [1.82, 2.24) is 9.78 Å². The van der Waals surface area contributed by atoms with E-state index in [4.69, 9.17) is 4.74 Å². The summed E-state index contributed by atoms with van der Waals surface area (Å²) < 4.78 is 6.75. The number of benzene rings is 1. The SMILES string of the molecule is CCOC(=O)C(CC)n1cc(-c2ccccc2)cn1. The molecule has 0 bridgehead atoms. The highest BCUT2D eigenvalue weighted by Crippen LogP contribution is 2.21. The zero-order valence-electron chi connectivity index (χ0n) is 11.2. The highest BCUT2D eigenvalue weighted by atomic mass is 16.5. The molecule has 1 unspecified atom stereocenters. The third-order valence-electron chi connectivity index (χ3n) is 2.97. The van der Waals surface area contributed by atoms with E-state index >= 15 is 0 Å². The summed E-state index contributed by atoms with van der Waals surface area (Å²) in [4.78, 5) is 11.8. The Hall–Kier alpha value is -2.10. The Kier molecular flexibility index (Phi) is 4.34. The van der Waals surface area contributed by atoms with Gasteiger partial charge in [-0.2, -0.15) is 5.10 Å². The largest absolute Gasteiger partial charge is 0.464 e. The minimum absolute atomic E-state index is 0.229. The molecule has 0 spiro atoms. The monoisotopic (exact) mass is 258 g/mol. The van der Waals surface area contributed by atoms with Crippen molar-refractivity contribution in [2.24, 2.45) is 0 Å². The molecule has 0 fully saturated rings. The maximum absolute atomic E-state index is 11.8. The smallest absolute Gasteiger partial charge is 0.330 e. The molecule has 2 rings (SSSR count). The number of ether oxygens (including phenoxy) is 1. The molecular weight excluding hydrogens is 240 g/mol. The van der Waals surface area contributed by atoms with Gasteiger partial charge in [0.15, 0.2) is 0 Å². The third-order valence-corrected chi connectivity index (χ3v) is 2.97. The maximum atomic E-state index is 11.8. The fourth-order valence-corrected chi connectivity index (χ4v) is 1.99. The summed E-state index contributed by atoms with van der Waals surface area (Å²) in [6.07, 6.45) is 4.33. The van der Waals surface area contributed by atoms with Crippen molar-refractivity contribution in [2.45, 2.75) is 26.3 Å². The van der Waals surface area contributed by atoms with Gasteiger partial charge in [0, 0.05) is 11.8 Å². The molecule has 0 radical (unpaired) electrons. The second-order valence-corrected chi connectivity index (χ2v) is 4.25. The number of rotatable bonds is 5. The summed E-state index contributed by atoms with van der Waals surface area (Å²) in [7, 11) is 0. The van der Waals surface area contributed by atoms with Gasteiger partial charge in [-0.1, -0.05) is 37.3 Å². The molecule has 0 N–H and O–H groups in total. The van der Waals surface area contributed by atoms with Gasteiger partial charge in [-0.25, -0.2) is 4.79 Å². The second kappa shape index (κ2) is 6.18. The van der Waals surface area contributed by atoms with E-state index in [9.17, 15) is 4.79 Å². The Morgan fingerprint density at radius 2 is 2.00 bits per heavy atom. The maximum Gasteiger partial charge on any atom is 0.330 e. The Morgan fingerprint density at radius 1 is 1.26 bits per heavy atom. The standard InChI is InChI=1S/C15H18N2O2/c1-3-14(15(18)19-4-2)17-11-13(10-16-17)12-8-6-5-7-9-12/h5-11,14H,3-4H2,1-2H3. The minimum Gasteiger partial charge on any atom is -0.464 e. The van der Waals surface area contributed by atoms with Crippen molar-refractivity contribution in [3.05, 3.63) is 42.7 Å². The van der Waals surface area contributed by atoms with Gasteiger partial charge in [0.25, 0.3) is 0 Å². The number of esters is 1. The van der Waals surface area contributed by atoms with Gasteiger partial charge in [0.05, 0.1) is 12.8 Å². The van der Waals surface area contributed by atoms with Crippen LogP contribution in [0.25, 0.3) is 11.1 Å². The lowest BCUT2D eigenvalue weighted by Crippen LogP contribution is -2.21. The Morgan fingerprint density at radius 3 is 2.63 bits per heavy atom. The summed E-state index contributed by atoms with van der Waals surface area (Å²) in [5, 5.41) is 4.28. The average molecular weight is 258 g/mol. The van der Waals surface area contributed by atoms with Gasteiger partial charge < -0.3 is 4.74 Å². The highest BCUT2D eigenvalue weighted by molar-refractivity contribution is 5.74. The van der Waals surface area contributed by atoms with Gasteiger partial charge in [-0.3, -0.25) is 4.68 Å². The summed E-state index contributed by atoms with van der Waals surface area (Å²) >= 11 is 0. The highest BCUT2D eigenvalue weighted by Gasteiger charge is 2.20. The van der Waals surface area contributed by atoms with Gasteiger partial charge in [0.2, 0.25) is 0 Å². The quantitative estimate of drug-likeness (QED) is 0.774. The van der Waals surface area contributed by atoms with Crippen molar-refractivity contribution in [3.63, 3.8) is 0 Å². The predicted molar refractivity (Wildman–Crippen MR) is 73.6 cm³/mol. The van der Waals surface area contributed by atoms with E-state index in [0.29, 0.717) is 13.0 Å². The predicted octanol–water partition coefficient (Wildman–Crippen LogP) is 3.06. The lowest BCUT2D eigenvalue weighted by Gasteiger charge is -2.13. The first-order chi connectivity index (χ1) is 9.26. The topological polar surface area (TPSA) is 44.1 Å². The number of hydrogen-bond donors (Lipinski definition) is 0. The normalized spacial score (nSPS) is 12.1. The molecule has 0 saturated carbocycles. The van der Waals surface area contributed by atoms with E-state index in [2.05, 4.69) is 5.10 Å². The number of aromatic nitrogens is 2. The van der Waals surface area contributed by atoms with E-state index < -0.39 is 0 Å². The Labute approximate surface area is 113 Å². The Bertz CT molecular complexity index is 534. The van der Waals surface area contributed by atoms with Crippen LogP contribution in [0.4, 0.5) is 0 Å². The van der Waals surface area contributed by atoms with Crippen LogP contribution in [0, 0.1) is 0 Å². The van der Waals surface area contributed by atoms with Crippen LogP contribution in [-0.4, -0.2) is 22.4 Å². The van der Waals surface area contributed by atoms with Crippen molar-refractivity contribution < 1.29 is 9.53 Å². The molecule has 19 heavy (non-hydrogen) atoms. The summed E-state index contributed by atoms with van der Waals surface area (Å²) in [5.41, 5.74) is 2.09. The van der Waals surface area contributed by atoms with Crippen LogP contribution in [0.15, 0.2) is 42.7 Å². The van der Waals surface area contributed by atoms with Crippen LogP contribution in [0.5, 0.6) is 0 Å². The van der Waals surface area contributed by atoms with Crippen molar-refractivity contribution >= 4 is 5.97 Å². The zero-order chi connectivity index (χ0) is 13.7. The van der Waals surface area contributed by atoms with E-state index in [1.807, 2.05) is 50.4 Å². The molecule has 0 aliphatic carbocycles. The molecule has 1 heterocycles. The minimum atomic E-state index is -0.350. The molecule has 0 aliphatic rings. The van der Waals surface area contributed by atoms with Crippen LogP contribution in [0.3, 0.4) is 0 Å². The first-order valence-corrected chi connectivity index (χ1v) is 6.52. The van der Waals surface area contributed by atoms with Crippen molar-refractivity contribution in [2.75, 3.05) is 6.61 Å². The third kappa shape index (κ3) is 3.02. The summed E-state index contributed by atoms with van der Waals surface area (Å²) in [6.45, 7) is 4.15. The molecule has 0 saturated heterocycles. The summed E-state index contributed by atoms with van der Waals surface area (Å²) in [6, 6.07) is 9.63. The molecule has 4 nitrogen and oxygen atoms in total. The van der Waals surface area contributed by atoms with Crippen molar-refractivity contribution in [3.8, 4) is 11.1 Å². The van der Waals surface area contributed by atoms with E-state index in [1.54, 1.807) is 10.9 Å². The summed E-state index contributed by atoms with van der Waals surface area (Å²) in [5.74, 6) is -0.229. The second-order valence-electron chi connectivity index (χ2n) is 4.25. The molecule has 4 heteroatoms. The van der Waals surface area contributed by atoms with Gasteiger partial charge in [-0.05, 0) is 18.9 Å². The average Bonchev–Trinajstić information content (AvgIpc) is 2.90. The van der Waals surface area contributed by atoms with Crippen LogP contribution in [0.1, 0.15) is 26.3 Å². The van der Waals surface area contributed by atoms with E-state index in [0.717, 1.165) is 11.1 Å². The lowest BCUT2D eigenvalue weighted by molar-refractivity contribution is -0.147. The zero-order valence-corrected chi connectivity index (χ0v) is 11.2. The van der Waals surface area contributed by atoms with Gasteiger partial charge in [0.1, 0.15) is 6.04 Å². The fourth-order valence-electron chi connectivity index (χ4n) is 1.99. The van der Waals surface area contributed by atoms with Gasteiger partial charge in [-0.15, -0.1) is 0 Å². The number of carbonyl (C=O) groups is 1. The van der Waals surface area contributed by atoms with Crippen molar-refractivity contribution in [1.29, 1.82) is 0 Å². The molecule has 1 atom stereocenters. The molecule has 100 valence electrons. The molecule has 0 aliphatic heterocycles. The van der Waals surface area contributed by atoms with Crippen LogP contribution in [0.2, 0.25) is 0 Å². The van der Waals surface area contributed by atoms with E-state index in [-0.39, 0.29) is 12.0 Å². The fraction of sp³-hybridized carbons (Fsp3) is 0.333. The molecule has 1 aromatic heterocycles. The van der Waals surface area contributed by atoms with Crippen LogP contribution < -0.4 is 0 Å². The Balaban J connectivity index is 2.22. The van der Waals surface area contributed by atoms with Crippen LogP contribution in [-0.2, 0) is 9.53 Å². The number of nitrogens with zero attached hydrogens (tertiary/aromatic N) is 2. The number of carbonyl (C=O) groups excluding carboxylic acids is 1. The van der Waals surface area contributed by atoms with Gasteiger partial charge >= 0.3 is 5.97 Å². The molecule has 0 amide bonds. The van der Waals surface area contributed by atoms with Crippen LogP contribution >= 0.6 is 0 Å². The van der Waals surface area contributed by atoms with E-state index in [1.165, 1.54) is 0 Å². The lowest BCUT2D eigenvalue weighted by atomic mass is 10.1.